The normalized spacial score (nSPS) is 18.0. The number of hydrogen-bond donors (Lipinski definition) is 1. The average Bonchev–Trinajstić information content (AvgIpc) is 2.98. The van der Waals surface area contributed by atoms with E-state index in [0.717, 1.165) is 31.7 Å². The number of sulfonamides is 1. The molecule has 3 rings (SSSR count). The number of halogens is 1. The Bertz CT molecular complexity index is 769. The van der Waals surface area contributed by atoms with E-state index in [1.807, 2.05) is 12.1 Å². The summed E-state index contributed by atoms with van der Waals surface area (Å²) in [7, 11) is -3.68. The number of benzene rings is 1. The predicted molar refractivity (Wildman–Crippen MR) is 98.1 cm³/mol. The van der Waals surface area contributed by atoms with Crippen molar-refractivity contribution in [1.82, 2.24) is 9.62 Å². The number of nitrogens with one attached hydrogen (secondary N) is 1. The lowest BCUT2D eigenvalue weighted by molar-refractivity contribution is 0.182. The van der Waals surface area contributed by atoms with Gasteiger partial charge in [-0.2, -0.15) is 0 Å². The molecule has 7 heteroatoms. The van der Waals surface area contributed by atoms with E-state index in [-0.39, 0.29) is 22.5 Å². The molecule has 25 heavy (non-hydrogen) atoms. The molecule has 1 unspecified atom stereocenters. The molecular formula is C18H23ClN2O3S. The summed E-state index contributed by atoms with van der Waals surface area (Å²) in [5.41, 5.74) is 0. The quantitative estimate of drug-likeness (QED) is 0.824. The first-order valence-electron chi connectivity index (χ1n) is 8.59. The lowest BCUT2D eigenvalue weighted by Crippen LogP contribution is -2.38. The molecule has 0 saturated carbocycles. The highest BCUT2D eigenvalue weighted by Gasteiger charge is 2.26. The van der Waals surface area contributed by atoms with Crippen molar-refractivity contribution in [3.63, 3.8) is 0 Å². The van der Waals surface area contributed by atoms with Crippen molar-refractivity contribution in [3.05, 3.63) is 53.4 Å². The van der Waals surface area contributed by atoms with Gasteiger partial charge in [0.25, 0.3) is 0 Å². The van der Waals surface area contributed by atoms with Gasteiger partial charge in [0.15, 0.2) is 0 Å². The molecule has 1 aromatic carbocycles. The van der Waals surface area contributed by atoms with Crippen LogP contribution < -0.4 is 4.72 Å². The third-order valence-corrected chi connectivity index (χ3v) is 6.47. The largest absolute Gasteiger partial charge is 0.468 e. The summed E-state index contributed by atoms with van der Waals surface area (Å²) in [6.45, 7) is 2.14. The van der Waals surface area contributed by atoms with Gasteiger partial charge in [-0.1, -0.05) is 36.6 Å². The Morgan fingerprint density at radius 3 is 2.44 bits per heavy atom. The Labute approximate surface area is 154 Å². The molecule has 5 nitrogen and oxygen atoms in total. The Morgan fingerprint density at radius 2 is 1.80 bits per heavy atom. The predicted octanol–water partition coefficient (Wildman–Crippen LogP) is 3.83. The van der Waals surface area contributed by atoms with Gasteiger partial charge in [0.05, 0.1) is 17.3 Å². The first-order valence-corrected chi connectivity index (χ1v) is 10.5. The second-order valence-electron chi connectivity index (χ2n) is 6.26. The van der Waals surface area contributed by atoms with Crippen LogP contribution in [0.4, 0.5) is 0 Å². The first kappa shape index (κ1) is 18.5. The van der Waals surface area contributed by atoms with E-state index in [9.17, 15) is 8.42 Å². The van der Waals surface area contributed by atoms with Gasteiger partial charge < -0.3 is 4.42 Å². The van der Waals surface area contributed by atoms with Gasteiger partial charge in [-0.15, -0.1) is 0 Å². The second-order valence-corrected chi connectivity index (χ2v) is 8.41. The first-order chi connectivity index (χ1) is 12.1. The van der Waals surface area contributed by atoms with Crippen LogP contribution in [-0.2, 0) is 10.0 Å². The molecule has 0 radical (unpaired) electrons. The van der Waals surface area contributed by atoms with E-state index in [4.69, 9.17) is 16.0 Å². The number of likely N-dealkylation sites (tertiary alicyclic amines) is 1. The van der Waals surface area contributed by atoms with Gasteiger partial charge in [-0.05, 0) is 50.2 Å². The molecular weight excluding hydrogens is 360 g/mol. The lowest BCUT2D eigenvalue weighted by Gasteiger charge is -2.29. The molecule has 136 valence electrons. The summed E-state index contributed by atoms with van der Waals surface area (Å²) in [5.74, 6) is 0.781. The lowest BCUT2D eigenvalue weighted by atomic mass is 10.2. The zero-order valence-electron chi connectivity index (χ0n) is 14.0. The molecule has 0 bridgehead atoms. The van der Waals surface area contributed by atoms with Crippen molar-refractivity contribution >= 4 is 21.6 Å². The van der Waals surface area contributed by atoms with Crippen LogP contribution in [-0.4, -0.2) is 33.0 Å². The SMILES string of the molecule is O=S(=O)(NCC(c1ccco1)N1CCCCCC1)c1ccccc1Cl. The summed E-state index contributed by atoms with van der Waals surface area (Å²) in [5, 5.41) is 0.222. The van der Waals surface area contributed by atoms with Crippen molar-refractivity contribution < 1.29 is 12.8 Å². The van der Waals surface area contributed by atoms with Gasteiger partial charge in [0, 0.05) is 6.54 Å². The van der Waals surface area contributed by atoms with Gasteiger partial charge >= 0.3 is 0 Å². The van der Waals surface area contributed by atoms with Crippen LogP contribution in [0.3, 0.4) is 0 Å². The van der Waals surface area contributed by atoms with Gasteiger partial charge in [0.1, 0.15) is 10.7 Å². The topological polar surface area (TPSA) is 62.6 Å². The minimum atomic E-state index is -3.68. The maximum atomic E-state index is 12.6. The van der Waals surface area contributed by atoms with Crippen LogP contribution in [0.25, 0.3) is 0 Å². The van der Waals surface area contributed by atoms with Crippen LogP contribution in [0.2, 0.25) is 5.02 Å². The third kappa shape index (κ3) is 4.64. The zero-order valence-corrected chi connectivity index (χ0v) is 15.6. The van der Waals surface area contributed by atoms with E-state index in [1.165, 1.54) is 18.9 Å². The van der Waals surface area contributed by atoms with Crippen molar-refractivity contribution in [2.75, 3.05) is 19.6 Å². The molecule has 1 aliphatic heterocycles. The monoisotopic (exact) mass is 382 g/mol. The Morgan fingerprint density at radius 1 is 1.08 bits per heavy atom. The Hall–Kier alpha value is -1.34. The highest BCUT2D eigenvalue weighted by Crippen LogP contribution is 2.26. The van der Waals surface area contributed by atoms with Gasteiger partial charge in [0.2, 0.25) is 10.0 Å². The number of nitrogens with zero attached hydrogens (tertiary/aromatic N) is 1. The fourth-order valence-corrected chi connectivity index (χ4v) is 4.78. The molecule has 1 fully saturated rings. The summed E-state index contributed by atoms with van der Waals surface area (Å²) in [6.07, 6.45) is 6.30. The zero-order chi connectivity index (χ0) is 17.7. The smallest absolute Gasteiger partial charge is 0.242 e. The van der Waals surface area contributed by atoms with Crippen molar-refractivity contribution in [1.29, 1.82) is 0 Å². The fraction of sp³-hybridized carbons (Fsp3) is 0.444. The van der Waals surface area contributed by atoms with E-state index in [0.29, 0.717) is 0 Å². The second kappa shape index (κ2) is 8.36. The molecule has 2 heterocycles. The van der Waals surface area contributed by atoms with Crippen LogP contribution in [0.15, 0.2) is 52.0 Å². The maximum Gasteiger partial charge on any atom is 0.242 e. The molecule has 1 atom stereocenters. The average molecular weight is 383 g/mol. The maximum absolute atomic E-state index is 12.6. The van der Waals surface area contributed by atoms with Crippen LogP contribution in [0.1, 0.15) is 37.5 Å². The molecule has 2 aromatic rings. The van der Waals surface area contributed by atoms with Gasteiger partial charge in [-0.25, -0.2) is 13.1 Å². The molecule has 1 aromatic heterocycles. The highest BCUT2D eigenvalue weighted by atomic mass is 35.5. The molecule has 0 aliphatic carbocycles. The summed E-state index contributed by atoms with van der Waals surface area (Å²) in [6, 6.07) is 10.1. The van der Waals surface area contributed by atoms with E-state index in [2.05, 4.69) is 9.62 Å². The molecule has 1 aliphatic rings. The Kier molecular flexibility index (Phi) is 6.17. The molecule has 1 saturated heterocycles. The highest BCUT2D eigenvalue weighted by molar-refractivity contribution is 7.89. The van der Waals surface area contributed by atoms with Crippen LogP contribution >= 0.6 is 11.6 Å². The number of furan rings is 1. The molecule has 0 amide bonds. The third-order valence-electron chi connectivity index (χ3n) is 4.55. The van der Waals surface area contributed by atoms with E-state index in [1.54, 1.807) is 24.5 Å². The van der Waals surface area contributed by atoms with E-state index < -0.39 is 10.0 Å². The van der Waals surface area contributed by atoms with Crippen LogP contribution in [0, 0.1) is 0 Å². The Balaban J connectivity index is 1.77. The summed E-state index contributed by atoms with van der Waals surface area (Å²) >= 11 is 6.05. The minimum absolute atomic E-state index is 0.103. The van der Waals surface area contributed by atoms with Gasteiger partial charge in [-0.3, -0.25) is 4.90 Å². The van der Waals surface area contributed by atoms with Crippen LogP contribution in [0.5, 0.6) is 0 Å². The molecule has 1 N–H and O–H groups in total. The van der Waals surface area contributed by atoms with Crippen molar-refractivity contribution in [3.8, 4) is 0 Å². The summed E-state index contributed by atoms with van der Waals surface area (Å²) < 4.78 is 33.6. The van der Waals surface area contributed by atoms with E-state index >= 15 is 0 Å². The fourth-order valence-electron chi connectivity index (χ4n) is 3.23. The number of hydrogen-bond acceptors (Lipinski definition) is 4. The summed E-state index contributed by atoms with van der Waals surface area (Å²) in [4.78, 5) is 2.41. The van der Waals surface area contributed by atoms with Crippen molar-refractivity contribution in [2.24, 2.45) is 0 Å². The number of rotatable bonds is 6. The molecule has 0 spiro atoms. The minimum Gasteiger partial charge on any atom is -0.468 e. The van der Waals surface area contributed by atoms with Crippen molar-refractivity contribution in [2.45, 2.75) is 36.6 Å². The standard InChI is InChI=1S/C18H23ClN2O3S/c19-15-8-3-4-10-18(15)25(22,23)20-14-16(17-9-7-13-24-17)21-11-5-1-2-6-12-21/h3-4,7-10,13,16,20H,1-2,5-6,11-12,14H2.